The molecule has 0 aliphatic rings. The number of rotatable bonds is 4. The smallest absolute Gasteiger partial charge is 0.286 e. The van der Waals surface area contributed by atoms with Gasteiger partial charge < -0.3 is 9.99 Å². The number of nitrogens with two attached hydrogens (primary N) is 1. The molecule has 0 saturated heterocycles. The lowest BCUT2D eigenvalue weighted by molar-refractivity contribution is -0.385. The van der Waals surface area contributed by atoms with Crippen LogP contribution in [-0.4, -0.2) is 19.5 Å². The summed E-state index contributed by atoms with van der Waals surface area (Å²) >= 11 is 3.01. The van der Waals surface area contributed by atoms with Gasteiger partial charge in [-0.05, 0) is 22.9 Å². The van der Waals surface area contributed by atoms with Gasteiger partial charge in [-0.15, -0.1) is 0 Å². The molecule has 0 unspecified atom stereocenters. The molecule has 3 N–H and O–H groups in total. The molecule has 0 spiro atoms. The molecule has 2 rings (SSSR count). The van der Waals surface area contributed by atoms with Gasteiger partial charge in [0, 0.05) is 17.8 Å². The maximum atomic E-state index is 12.0. The highest BCUT2D eigenvalue weighted by Crippen LogP contribution is 2.15. The Morgan fingerprint density at radius 2 is 2.19 bits per heavy atom. The normalized spacial score (nSPS) is 10.4. The van der Waals surface area contributed by atoms with Gasteiger partial charge in [0.15, 0.2) is 5.82 Å². The minimum absolute atomic E-state index is 0.00449. The Morgan fingerprint density at radius 3 is 2.81 bits per heavy atom. The fraction of sp³-hybridized carbons (Fsp3) is 0.182. The van der Waals surface area contributed by atoms with Crippen molar-refractivity contribution in [3.8, 4) is 0 Å². The van der Waals surface area contributed by atoms with Gasteiger partial charge in [-0.2, -0.15) is 0 Å². The SMILES string of the molecule is Cc1cc(NN)nc(Cn2cc([N+](=O)[O-])cc(Br)c2=O)n1. The highest BCUT2D eigenvalue weighted by Gasteiger charge is 2.13. The molecule has 21 heavy (non-hydrogen) atoms. The highest BCUT2D eigenvalue weighted by molar-refractivity contribution is 9.10. The predicted molar refractivity (Wildman–Crippen MR) is 78.7 cm³/mol. The van der Waals surface area contributed by atoms with Gasteiger partial charge in [-0.3, -0.25) is 14.9 Å². The van der Waals surface area contributed by atoms with Crippen LogP contribution < -0.4 is 16.8 Å². The molecule has 0 bridgehead atoms. The fourth-order valence-corrected chi connectivity index (χ4v) is 2.19. The minimum Gasteiger partial charge on any atom is -0.308 e. The average molecular weight is 355 g/mol. The van der Waals surface area contributed by atoms with Crippen LogP contribution in [0.1, 0.15) is 11.5 Å². The number of hydrogen-bond donors (Lipinski definition) is 2. The molecule has 0 aliphatic carbocycles. The van der Waals surface area contributed by atoms with Crippen molar-refractivity contribution in [2.24, 2.45) is 5.84 Å². The van der Waals surface area contributed by atoms with E-state index in [2.05, 4.69) is 31.3 Å². The van der Waals surface area contributed by atoms with E-state index in [1.165, 1.54) is 0 Å². The summed E-state index contributed by atoms with van der Waals surface area (Å²) in [5.74, 6) is 6.01. The van der Waals surface area contributed by atoms with Gasteiger partial charge in [0.1, 0.15) is 5.82 Å². The second-order valence-corrected chi connectivity index (χ2v) is 5.05. The lowest BCUT2D eigenvalue weighted by Crippen LogP contribution is -2.23. The Bertz CT molecular complexity index is 760. The summed E-state index contributed by atoms with van der Waals surface area (Å²) in [7, 11) is 0. The van der Waals surface area contributed by atoms with Gasteiger partial charge in [0.05, 0.1) is 22.1 Å². The Hall–Kier alpha value is -2.33. The molecular formula is C11H11BrN6O3. The Kier molecular flexibility index (Phi) is 4.29. The van der Waals surface area contributed by atoms with E-state index in [0.717, 1.165) is 16.8 Å². The molecule has 0 amide bonds. The molecule has 0 radical (unpaired) electrons. The number of nitro groups is 1. The number of aromatic nitrogens is 3. The summed E-state index contributed by atoms with van der Waals surface area (Å²) < 4.78 is 1.26. The molecule has 2 aromatic rings. The molecule has 0 fully saturated rings. The molecule has 2 heterocycles. The molecule has 0 aliphatic heterocycles. The number of hydrogen-bond acceptors (Lipinski definition) is 7. The topological polar surface area (TPSA) is 129 Å². The summed E-state index contributed by atoms with van der Waals surface area (Å²) in [6, 6.07) is 2.79. The molecule has 110 valence electrons. The first-order valence-corrected chi connectivity index (χ1v) is 6.55. The lowest BCUT2D eigenvalue weighted by atomic mass is 10.4. The van der Waals surface area contributed by atoms with Crippen LogP contribution in [0.3, 0.4) is 0 Å². The van der Waals surface area contributed by atoms with Crippen LogP contribution in [0.5, 0.6) is 0 Å². The molecule has 0 atom stereocenters. The maximum Gasteiger partial charge on any atom is 0.286 e. The second kappa shape index (κ2) is 5.97. The van der Waals surface area contributed by atoms with E-state index in [0.29, 0.717) is 17.3 Å². The standard InChI is InChI=1S/C11H11BrN6O3/c1-6-2-9(16-13)15-10(14-6)5-17-4-7(18(20)21)3-8(12)11(17)19/h2-4H,5,13H2,1H3,(H,14,15,16). The van der Waals surface area contributed by atoms with Crippen molar-refractivity contribution in [2.75, 3.05) is 5.43 Å². The summed E-state index contributed by atoms with van der Waals surface area (Å²) in [5.41, 5.74) is 2.44. The van der Waals surface area contributed by atoms with E-state index in [9.17, 15) is 14.9 Å². The van der Waals surface area contributed by atoms with Crippen molar-refractivity contribution < 1.29 is 4.92 Å². The van der Waals surface area contributed by atoms with Gasteiger partial charge >= 0.3 is 0 Å². The van der Waals surface area contributed by atoms with Crippen LogP contribution in [0.15, 0.2) is 27.6 Å². The molecule has 9 nitrogen and oxygen atoms in total. The molecule has 0 aromatic carbocycles. The van der Waals surface area contributed by atoms with Crippen molar-refractivity contribution in [2.45, 2.75) is 13.5 Å². The largest absolute Gasteiger partial charge is 0.308 e. The van der Waals surface area contributed by atoms with Gasteiger partial charge in [0.2, 0.25) is 0 Å². The molecule has 0 saturated carbocycles. The van der Waals surface area contributed by atoms with Gasteiger partial charge in [0.25, 0.3) is 11.2 Å². The minimum atomic E-state index is -0.579. The van der Waals surface area contributed by atoms with E-state index in [1.807, 2.05) is 0 Å². The summed E-state index contributed by atoms with van der Waals surface area (Å²) in [4.78, 5) is 30.5. The molecule has 10 heteroatoms. The fourth-order valence-electron chi connectivity index (χ4n) is 1.73. The number of anilines is 1. The predicted octanol–water partition coefficient (Wildman–Crippen LogP) is 0.951. The van der Waals surface area contributed by atoms with Crippen molar-refractivity contribution in [3.63, 3.8) is 0 Å². The van der Waals surface area contributed by atoms with Crippen LogP contribution in [0.2, 0.25) is 0 Å². The number of aryl methyl sites for hydroxylation is 1. The van der Waals surface area contributed by atoms with E-state index in [1.54, 1.807) is 13.0 Å². The van der Waals surface area contributed by atoms with E-state index < -0.39 is 10.5 Å². The Morgan fingerprint density at radius 1 is 1.48 bits per heavy atom. The molecule has 2 aromatic heterocycles. The quantitative estimate of drug-likeness (QED) is 0.475. The molecular weight excluding hydrogens is 344 g/mol. The first-order chi connectivity index (χ1) is 9.90. The third kappa shape index (κ3) is 3.41. The van der Waals surface area contributed by atoms with Crippen LogP contribution in [-0.2, 0) is 6.54 Å². The van der Waals surface area contributed by atoms with Gasteiger partial charge in [-0.25, -0.2) is 15.8 Å². The van der Waals surface area contributed by atoms with Crippen LogP contribution in [0, 0.1) is 17.0 Å². The van der Waals surface area contributed by atoms with Crippen LogP contribution in [0.4, 0.5) is 11.5 Å². The Balaban J connectivity index is 2.46. The number of halogens is 1. The zero-order valence-electron chi connectivity index (χ0n) is 10.9. The number of pyridine rings is 1. The first kappa shape index (κ1) is 15.1. The summed E-state index contributed by atoms with van der Waals surface area (Å²) in [6.07, 6.45) is 1.15. The number of nitrogen functional groups attached to an aromatic ring is 1. The first-order valence-electron chi connectivity index (χ1n) is 5.76. The number of nitrogens with one attached hydrogen (secondary N) is 1. The zero-order chi connectivity index (χ0) is 15.6. The monoisotopic (exact) mass is 354 g/mol. The average Bonchev–Trinajstić information content (AvgIpc) is 2.42. The zero-order valence-corrected chi connectivity index (χ0v) is 12.5. The van der Waals surface area contributed by atoms with E-state index in [-0.39, 0.29) is 16.7 Å². The third-order valence-electron chi connectivity index (χ3n) is 2.60. The summed E-state index contributed by atoms with van der Waals surface area (Å²) in [5, 5.41) is 10.8. The number of hydrazine groups is 1. The van der Waals surface area contributed by atoms with E-state index in [4.69, 9.17) is 5.84 Å². The number of nitrogens with zero attached hydrogens (tertiary/aromatic N) is 4. The van der Waals surface area contributed by atoms with Crippen LogP contribution in [0.25, 0.3) is 0 Å². The van der Waals surface area contributed by atoms with Crippen molar-refractivity contribution in [1.29, 1.82) is 0 Å². The van der Waals surface area contributed by atoms with Crippen molar-refractivity contribution in [3.05, 3.63) is 54.8 Å². The third-order valence-corrected chi connectivity index (χ3v) is 3.17. The van der Waals surface area contributed by atoms with E-state index >= 15 is 0 Å². The van der Waals surface area contributed by atoms with Crippen molar-refractivity contribution in [1.82, 2.24) is 14.5 Å². The second-order valence-electron chi connectivity index (χ2n) is 4.19. The van der Waals surface area contributed by atoms with Gasteiger partial charge in [-0.1, -0.05) is 0 Å². The lowest BCUT2D eigenvalue weighted by Gasteiger charge is -2.08. The summed E-state index contributed by atoms with van der Waals surface area (Å²) in [6.45, 7) is 1.74. The van der Waals surface area contributed by atoms with Crippen molar-refractivity contribution >= 4 is 27.4 Å². The maximum absolute atomic E-state index is 12.0. The highest BCUT2D eigenvalue weighted by atomic mass is 79.9. The Labute approximate surface area is 127 Å². The van der Waals surface area contributed by atoms with Crippen LogP contribution >= 0.6 is 15.9 Å².